The Kier molecular flexibility index (Phi) is 5.00. The van der Waals surface area contributed by atoms with E-state index in [1.807, 2.05) is 54.4 Å². The number of nitriles is 1. The molecule has 0 saturated carbocycles. The Morgan fingerprint density at radius 2 is 1.97 bits per heavy atom. The molecule has 1 fully saturated rings. The first-order valence-corrected chi connectivity index (χ1v) is 10.5. The number of pyridine rings is 2. The van der Waals surface area contributed by atoms with Crippen LogP contribution in [0.3, 0.4) is 0 Å². The minimum Gasteiger partial charge on any atom is -0.378 e. The molecule has 3 heterocycles. The van der Waals surface area contributed by atoms with Crippen molar-refractivity contribution in [2.45, 2.75) is 13.0 Å². The highest BCUT2D eigenvalue weighted by atomic mass is 16.2. The van der Waals surface area contributed by atoms with Crippen LogP contribution in [0.25, 0.3) is 21.9 Å². The number of carbonyl (C=O) groups excluding carboxylic acids is 1. The molecule has 0 aliphatic carbocycles. The number of benzene rings is 2. The number of hydrogen-bond acceptors (Lipinski definition) is 5. The van der Waals surface area contributed by atoms with Crippen LogP contribution in [0, 0.1) is 18.3 Å². The van der Waals surface area contributed by atoms with Crippen molar-refractivity contribution >= 4 is 22.4 Å². The topological polar surface area (TPSA) is 81.9 Å². The Hall–Kier alpha value is -4.24. The first kappa shape index (κ1) is 19.7. The third kappa shape index (κ3) is 3.77. The maximum absolute atomic E-state index is 12.7. The summed E-state index contributed by atoms with van der Waals surface area (Å²) < 4.78 is 0. The van der Waals surface area contributed by atoms with E-state index in [9.17, 15) is 10.1 Å². The molecule has 1 aliphatic rings. The van der Waals surface area contributed by atoms with Crippen LogP contribution in [0.5, 0.6) is 0 Å². The number of anilines is 1. The number of fused-ring (bicyclic) bond motifs is 1. The van der Waals surface area contributed by atoms with Crippen LogP contribution in [-0.4, -0.2) is 39.9 Å². The first-order chi connectivity index (χ1) is 15.6. The Morgan fingerprint density at radius 1 is 1.09 bits per heavy atom. The first-order valence-electron chi connectivity index (χ1n) is 10.5. The molecule has 0 unspecified atom stereocenters. The summed E-state index contributed by atoms with van der Waals surface area (Å²) in [7, 11) is 0. The Bertz CT molecular complexity index is 1350. The largest absolute Gasteiger partial charge is 0.378 e. The van der Waals surface area contributed by atoms with Crippen LogP contribution < -0.4 is 5.32 Å². The van der Waals surface area contributed by atoms with Crippen LogP contribution in [0.1, 0.15) is 21.6 Å². The van der Waals surface area contributed by atoms with Crippen LogP contribution in [0.15, 0.2) is 73.2 Å². The van der Waals surface area contributed by atoms with E-state index in [-0.39, 0.29) is 11.9 Å². The van der Waals surface area contributed by atoms with Gasteiger partial charge in [-0.25, -0.2) is 0 Å². The Balaban J connectivity index is 1.38. The van der Waals surface area contributed by atoms with E-state index in [1.54, 1.807) is 18.5 Å². The molecule has 32 heavy (non-hydrogen) atoms. The fourth-order valence-electron chi connectivity index (χ4n) is 3.99. The smallest absolute Gasteiger partial charge is 0.255 e. The van der Waals surface area contributed by atoms with Gasteiger partial charge in [0, 0.05) is 48.4 Å². The normalized spacial score (nSPS) is 13.4. The predicted molar refractivity (Wildman–Crippen MR) is 124 cm³/mol. The lowest BCUT2D eigenvalue weighted by atomic mass is 9.98. The molecule has 6 nitrogen and oxygen atoms in total. The molecular formula is C26H21N5O. The van der Waals surface area contributed by atoms with Crippen molar-refractivity contribution in [1.29, 1.82) is 5.26 Å². The molecule has 0 atom stereocenters. The number of aromatic nitrogens is 2. The van der Waals surface area contributed by atoms with Crippen molar-refractivity contribution in [3.8, 4) is 17.2 Å². The average molecular weight is 419 g/mol. The number of likely N-dealkylation sites (tertiary alicyclic amines) is 1. The molecule has 2 aromatic carbocycles. The summed E-state index contributed by atoms with van der Waals surface area (Å²) >= 11 is 0. The summed E-state index contributed by atoms with van der Waals surface area (Å²) in [4.78, 5) is 23.0. The molecule has 0 bridgehead atoms. The monoisotopic (exact) mass is 419 g/mol. The lowest BCUT2D eigenvalue weighted by Gasteiger charge is -2.40. The molecule has 4 aromatic rings. The molecule has 5 rings (SSSR count). The highest BCUT2D eigenvalue weighted by molar-refractivity contribution is 5.98. The number of amides is 1. The molecule has 0 spiro atoms. The number of nitrogens with one attached hydrogen (secondary N) is 1. The predicted octanol–water partition coefficient (Wildman–Crippen LogP) is 4.41. The van der Waals surface area contributed by atoms with E-state index in [0.717, 1.165) is 33.3 Å². The van der Waals surface area contributed by atoms with Crippen molar-refractivity contribution in [3.63, 3.8) is 0 Å². The van der Waals surface area contributed by atoms with Gasteiger partial charge in [-0.3, -0.25) is 14.8 Å². The molecule has 0 radical (unpaired) electrons. The van der Waals surface area contributed by atoms with Gasteiger partial charge in [-0.2, -0.15) is 5.26 Å². The van der Waals surface area contributed by atoms with E-state index in [0.29, 0.717) is 24.2 Å². The van der Waals surface area contributed by atoms with Crippen molar-refractivity contribution in [3.05, 3.63) is 90.0 Å². The number of aryl methyl sites for hydroxylation is 1. The quantitative estimate of drug-likeness (QED) is 0.530. The van der Waals surface area contributed by atoms with E-state index in [1.165, 1.54) is 0 Å². The number of rotatable bonds is 4. The third-order valence-electron chi connectivity index (χ3n) is 5.77. The van der Waals surface area contributed by atoms with Crippen LogP contribution in [-0.2, 0) is 0 Å². The highest BCUT2D eigenvalue weighted by Gasteiger charge is 2.31. The third-order valence-corrected chi connectivity index (χ3v) is 5.77. The van der Waals surface area contributed by atoms with Crippen LogP contribution >= 0.6 is 0 Å². The lowest BCUT2D eigenvalue weighted by Crippen LogP contribution is -2.57. The summed E-state index contributed by atoms with van der Waals surface area (Å²) in [6.07, 6.45) is 5.27. The summed E-state index contributed by atoms with van der Waals surface area (Å²) in [5, 5.41) is 14.9. The van der Waals surface area contributed by atoms with E-state index in [2.05, 4.69) is 33.5 Å². The van der Waals surface area contributed by atoms with E-state index < -0.39 is 0 Å². The van der Waals surface area contributed by atoms with Crippen molar-refractivity contribution < 1.29 is 4.79 Å². The standard InChI is InChI=1S/C26H21N5O/c1-17-5-6-21(13-29-17)26(32)31-15-23(16-31)30-25-11-22(10-20-7-8-28-14-24(20)25)19-4-2-3-18(9-19)12-27/h2-11,13-14,23,30H,15-16H2,1H3. The highest BCUT2D eigenvalue weighted by Crippen LogP contribution is 2.32. The molecule has 1 N–H and O–H groups in total. The molecule has 6 heteroatoms. The van der Waals surface area contributed by atoms with Gasteiger partial charge in [0.2, 0.25) is 0 Å². The van der Waals surface area contributed by atoms with Gasteiger partial charge in [0.15, 0.2) is 0 Å². The van der Waals surface area contributed by atoms with Crippen LogP contribution in [0.2, 0.25) is 0 Å². The second-order valence-corrected chi connectivity index (χ2v) is 8.05. The molecule has 156 valence electrons. The van der Waals surface area contributed by atoms with Gasteiger partial charge in [0.25, 0.3) is 5.91 Å². The minimum atomic E-state index is 0.00384. The molecular weight excluding hydrogens is 398 g/mol. The van der Waals surface area contributed by atoms with Crippen molar-refractivity contribution in [2.24, 2.45) is 0 Å². The van der Waals surface area contributed by atoms with E-state index in [4.69, 9.17) is 0 Å². The Morgan fingerprint density at radius 3 is 2.75 bits per heavy atom. The number of carbonyl (C=O) groups is 1. The second kappa shape index (κ2) is 8.12. The molecule has 1 saturated heterocycles. The lowest BCUT2D eigenvalue weighted by molar-refractivity contribution is 0.0625. The van der Waals surface area contributed by atoms with Gasteiger partial charge in [-0.05, 0) is 65.9 Å². The van der Waals surface area contributed by atoms with Gasteiger partial charge in [-0.1, -0.05) is 12.1 Å². The maximum Gasteiger partial charge on any atom is 0.255 e. The zero-order chi connectivity index (χ0) is 22.1. The fourth-order valence-corrected chi connectivity index (χ4v) is 3.99. The second-order valence-electron chi connectivity index (χ2n) is 8.05. The van der Waals surface area contributed by atoms with Crippen molar-refractivity contribution in [2.75, 3.05) is 18.4 Å². The number of hydrogen-bond donors (Lipinski definition) is 1. The fraction of sp³-hybridized carbons (Fsp3) is 0.154. The molecule has 2 aromatic heterocycles. The van der Waals surface area contributed by atoms with Gasteiger partial charge in [-0.15, -0.1) is 0 Å². The molecule has 1 aliphatic heterocycles. The van der Waals surface area contributed by atoms with E-state index >= 15 is 0 Å². The van der Waals surface area contributed by atoms with Gasteiger partial charge >= 0.3 is 0 Å². The summed E-state index contributed by atoms with van der Waals surface area (Å²) in [6, 6.07) is 19.8. The van der Waals surface area contributed by atoms with Crippen LogP contribution in [0.4, 0.5) is 5.69 Å². The molecule has 1 amide bonds. The average Bonchev–Trinajstić information content (AvgIpc) is 2.81. The zero-order valence-corrected chi connectivity index (χ0v) is 17.6. The Labute approximate surface area is 186 Å². The van der Waals surface area contributed by atoms with Gasteiger partial charge in [0.05, 0.1) is 23.2 Å². The summed E-state index contributed by atoms with van der Waals surface area (Å²) in [5.41, 5.74) is 5.13. The summed E-state index contributed by atoms with van der Waals surface area (Å²) in [6.45, 7) is 3.16. The van der Waals surface area contributed by atoms with Gasteiger partial charge in [0.1, 0.15) is 0 Å². The number of nitrogens with zero attached hydrogens (tertiary/aromatic N) is 4. The van der Waals surface area contributed by atoms with Gasteiger partial charge < -0.3 is 10.2 Å². The minimum absolute atomic E-state index is 0.00384. The SMILES string of the molecule is Cc1ccc(C(=O)N2CC(Nc3cc(-c4cccc(C#N)c4)cc4ccncc34)C2)cn1. The van der Waals surface area contributed by atoms with Crippen molar-refractivity contribution in [1.82, 2.24) is 14.9 Å². The maximum atomic E-state index is 12.7. The summed E-state index contributed by atoms with van der Waals surface area (Å²) in [5.74, 6) is 0.00384. The zero-order valence-electron chi connectivity index (χ0n) is 17.6.